The number of nitrogens with zero attached hydrogens (tertiary/aromatic N) is 1. The number of ether oxygens (including phenoxy) is 1. The second-order valence-electron chi connectivity index (χ2n) is 4.43. The van der Waals surface area contributed by atoms with E-state index < -0.39 is 0 Å². The second-order valence-corrected chi connectivity index (χ2v) is 4.43. The van der Waals surface area contributed by atoms with E-state index in [0.717, 1.165) is 25.5 Å². The van der Waals surface area contributed by atoms with Gasteiger partial charge in [0.1, 0.15) is 0 Å². The Balaban J connectivity index is 2.33. The third-order valence-corrected chi connectivity index (χ3v) is 3.07. The molecule has 0 aromatic rings. The van der Waals surface area contributed by atoms with Gasteiger partial charge in [0, 0.05) is 19.7 Å². The average Bonchev–Trinajstić information content (AvgIpc) is 2.59. The Morgan fingerprint density at radius 2 is 2.36 bits per heavy atom. The smallest absolute Gasteiger partial charge is 0.0618 e. The number of rotatable bonds is 6. The fraction of sp³-hybridized carbons (Fsp3) is 1.00. The summed E-state index contributed by atoms with van der Waals surface area (Å²) in [6.45, 7) is 6.45. The molecule has 2 N–H and O–H groups in total. The average molecular weight is 200 g/mol. The van der Waals surface area contributed by atoms with Crippen LogP contribution in [0.5, 0.6) is 0 Å². The zero-order chi connectivity index (χ0) is 10.4. The van der Waals surface area contributed by atoms with Crippen LogP contribution in [0, 0.1) is 5.92 Å². The van der Waals surface area contributed by atoms with Gasteiger partial charge in [0.2, 0.25) is 0 Å². The molecule has 0 spiro atoms. The fourth-order valence-electron chi connectivity index (χ4n) is 2.22. The lowest BCUT2D eigenvalue weighted by Crippen LogP contribution is -2.37. The van der Waals surface area contributed by atoms with Gasteiger partial charge in [-0.05, 0) is 38.3 Å². The van der Waals surface area contributed by atoms with Crippen molar-refractivity contribution >= 4 is 0 Å². The molecule has 0 aromatic carbocycles. The Morgan fingerprint density at radius 3 is 2.86 bits per heavy atom. The molecule has 84 valence electrons. The van der Waals surface area contributed by atoms with Crippen LogP contribution < -0.4 is 5.73 Å². The van der Waals surface area contributed by atoms with E-state index >= 15 is 0 Å². The number of likely N-dealkylation sites (tertiary alicyclic amines) is 1. The maximum absolute atomic E-state index is 5.54. The van der Waals surface area contributed by atoms with Crippen LogP contribution in [-0.2, 0) is 4.74 Å². The second kappa shape index (κ2) is 6.38. The first-order valence-corrected chi connectivity index (χ1v) is 5.71. The van der Waals surface area contributed by atoms with E-state index in [1.807, 2.05) is 0 Å². The SMILES string of the molecule is COCC(CCCN)N1CCC(C)C1. The fourth-order valence-corrected chi connectivity index (χ4v) is 2.22. The molecule has 0 aromatic heterocycles. The van der Waals surface area contributed by atoms with Crippen molar-refractivity contribution in [2.45, 2.75) is 32.2 Å². The highest BCUT2D eigenvalue weighted by Gasteiger charge is 2.25. The van der Waals surface area contributed by atoms with E-state index in [-0.39, 0.29) is 0 Å². The summed E-state index contributed by atoms with van der Waals surface area (Å²) in [5, 5.41) is 0. The molecule has 14 heavy (non-hydrogen) atoms. The quantitative estimate of drug-likeness (QED) is 0.697. The molecule has 1 rings (SSSR count). The Bertz CT molecular complexity index is 152. The van der Waals surface area contributed by atoms with Crippen molar-refractivity contribution in [3.05, 3.63) is 0 Å². The minimum atomic E-state index is 0.591. The Hall–Kier alpha value is -0.120. The molecule has 0 saturated carbocycles. The zero-order valence-corrected chi connectivity index (χ0v) is 9.54. The first-order valence-electron chi connectivity index (χ1n) is 5.71. The van der Waals surface area contributed by atoms with Crippen LogP contribution in [0.15, 0.2) is 0 Å². The highest BCUT2D eigenvalue weighted by atomic mass is 16.5. The molecule has 0 aliphatic carbocycles. The summed E-state index contributed by atoms with van der Waals surface area (Å²) in [4.78, 5) is 2.56. The summed E-state index contributed by atoms with van der Waals surface area (Å²) in [5.74, 6) is 0.854. The van der Waals surface area contributed by atoms with Crippen molar-refractivity contribution in [1.29, 1.82) is 0 Å². The van der Waals surface area contributed by atoms with Crippen LogP contribution in [0.3, 0.4) is 0 Å². The molecule has 0 amide bonds. The van der Waals surface area contributed by atoms with Gasteiger partial charge >= 0.3 is 0 Å². The summed E-state index contributed by atoms with van der Waals surface area (Å²) in [6.07, 6.45) is 3.62. The van der Waals surface area contributed by atoms with E-state index in [1.54, 1.807) is 7.11 Å². The summed E-state index contributed by atoms with van der Waals surface area (Å²) >= 11 is 0. The summed E-state index contributed by atoms with van der Waals surface area (Å²) in [7, 11) is 1.79. The van der Waals surface area contributed by atoms with Crippen LogP contribution in [0.25, 0.3) is 0 Å². The maximum Gasteiger partial charge on any atom is 0.0618 e. The highest BCUT2D eigenvalue weighted by molar-refractivity contribution is 4.79. The Morgan fingerprint density at radius 1 is 1.57 bits per heavy atom. The van der Waals surface area contributed by atoms with Crippen molar-refractivity contribution in [3.8, 4) is 0 Å². The zero-order valence-electron chi connectivity index (χ0n) is 9.54. The molecule has 1 aliphatic heterocycles. The third kappa shape index (κ3) is 3.56. The van der Waals surface area contributed by atoms with Crippen molar-refractivity contribution in [1.82, 2.24) is 4.90 Å². The van der Waals surface area contributed by atoms with Crippen LogP contribution >= 0.6 is 0 Å². The highest BCUT2D eigenvalue weighted by Crippen LogP contribution is 2.20. The number of nitrogens with two attached hydrogens (primary N) is 1. The van der Waals surface area contributed by atoms with E-state index in [1.165, 1.54) is 25.9 Å². The molecular formula is C11H24N2O. The van der Waals surface area contributed by atoms with Gasteiger partial charge in [-0.2, -0.15) is 0 Å². The maximum atomic E-state index is 5.54. The first kappa shape index (κ1) is 12.0. The molecule has 0 bridgehead atoms. The summed E-state index contributed by atoms with van der Waals surface area (Å²) in [5.41, 5.74) is 5.54. The summed E-state index contributed by atoms with van der Waals surface area (Å²) in [6, 6.07) is 0.591. The standard InChI is InChI=1S/C11H24N2O/c1-10-5-7-13(8-10)11(9-14-2)4-3-6-12/h10-11H,3-9,12H2,1-2H3. The number of methoxy groups -OCH3 is 1. The molecule has 1 saturated heterocycles. The van der Waals surface area contributed by atoms with Crippen molar-refractivity contribution in [3.63, 3.8) is 0 Å². The lowest BCUT2D eigenvalue weighted by molar-refractivity contribution is 0.0972. The monoisotopic (exact) mass is 200 g/mol. The topological polar surface area (TPSA) is 38.5 Å². The third-order valence-electron chi connectivity index (χ3n) is 3.07. The lowest BCUT2D eigenvalue weighted by Gasteiger charge is -2.27. The van der Waals surface area contributed by atoms with E-state index in [2.05, 4.69) is 11.8 Å². The van der Waals surface area contributed by atoms with Gasteiger partial charge in [0.15, 0.2) is 0 Å². The van der Waals surface area contributed by atoms with Gasteiger partial charge in [0.05, 0.1) is 6.61 Å². The predicted octanol–water partition coefficient (Wildman–Crippen LogP) is 1.08. The summed E-state index contributed by atoms with van der Waals surface area (Å²) < 4.78 is 5.27. The Labute approximate surface area is 87.6 Å². The minimum absolute atomic E-state index is 0.591. The van der Waals surface area contributed by atoms with Crippen molar-refractivity contribution in [2.75, 3.05) is 33.4 Å². The minimum Gasteiger partial charge on any atom is -0.383 e. The lowest BCUT2D eigenvalue weighted by atomic mass is 10.1. The van der Waals surface area contributed by atoms with Crippen LogP contribution in [0.1, 0.15) is 26.2 Å². The van der Waals surface area contributed by atoms with Crippen LogP contribution in [-0.4, -0.2) is 44.3 Å². The van der Waals surface area contributed by atoms with Gasteiger partial charge in [-0.3, -0.25) is 4.90 Å². The molecule has 1 heterocycles. The molecule has 3 nitrogen and oxygen atoms in total. The molecule has 2 unspecified atom stereocenters. The number of hydrogen-bond acceptors (Lipinski definition) is 3. The van der Waals surface area contributed by atoms with E-state index in [9.17, 15) is 0 Å². The Kier molecular flexibility index (Phi) is 5.45. The van der Waals surface area contributed by atoms with E-state index in [4.69, 9.17) is 10.5 Å². The molecule has 3 heteroatoms. The van der Waals surface area contributed by atoms with Gasteiger partial charge in [0.25, 0.3) is 0 Å². The number of hydrogen-bond donors (Lipinski definition) is 1. The normalized spacial score (nSPS) is 25.5. The van der Waals surface area contributed by atoms with Crippen molar-refractivity contribution in [2.24, 2.45) is 11.7 Å². The predicted molar refractivity (Wildman–Crippen MR) is 59.3 cm³/mol. The van der Waals surface area contributed by atoms with Crippen molar-refractivity contribution < 1.29 is 4.74 Å². The van der Waals surface area contributed by atoms with E-state index in [0.29, 0.717) is 6.04 Å². The van der Waals surface area contributed by atoms with Gasteiger partial charge in [-0.25, -0.2) is 0 Å². The molecule has 1 fully saturated rings. The molecule has 1 aliphatic rings. The first-order chi connectivity index (χ1) is 6.77. The van der Waals surface area contributed by atoms with Gasteiger partial charge in [-0.15, -0.1) is 0 Å². The molecule has 2 atom stereocenters. The van der Waals surface area contributed by atoms with Crippen LogP contribution in [0.2, 0.25) is 0 Å². The molecule has 0 radical (unpaired) electrons. The van der Waals surface area contributed by atoms with Crippen LogP contribution in [0.4, 0.5) is 0 Å². The van der Waals surface area contributed by atoms with Gasteiger partial charge < -0.3 is 10.5 Å². The van der Waals surface area contributed by atoms with Gasteiger partial charge in [-0.1, -0.05) is 6.92 Å². The molecular weight excluding hydrogens is 176 g/mol. The largest absolute Gasteiger partial charge is 0.383 e.